The molecule has 2 heterocycles. The van der Waals surface area contributed by atoms with Crippen LogP contribution >= 0.6 is 11.8 Å². The summed E-state index contributed by atoms with van der Waals surface area (Å²) in [6.07, 6.45) is 3.17. The van der Waals surface area contributed by atoms with Gasteiger partial charge in [-0.2, -0.15) is 0 Å². The van der Waals surface area contributed by atoms with Crippen molar-refractivity contribution in [2.24, 2.45) is 0 Å². The molecule has 0 aliphatic heterocycles. The highest BCUT2D eigenvalue weighted by Gasteiger charge is 2.13. The van der Waals surface area contributed by atoms with Crippen LogP contribution in [0.1, 0.15) is 5.56 Å². The fourth-order valence-corrected chi connectivity index (χ4v) is 2.98. The van der Waals surface area contributed by atoms with Crippen LogP contribution in [0.5, 0.6) is 0 Å². The van der Waals surface area contributed by atoms with Gasteiger partial charge in [0.05, 0.1) is 10.6 Å². The van der Waals surface area contributed by atoms with E-state index in [1.165, 1.54) is 24.0 Å². The number of pyridine rings is 2. The molecule has 104 valence electrons. The van der Waals surface area contributed by atoms with Crippen molar-refractivity contribution < 1.29 is 4.39 Å². The average molecular weight is 296 g/mol. The maximum atomic E-state index is 14.1. The van der Waals surface area contributed by atoms with Gasteiger partial charge in [0, 0.05) is 18.1 Å². The molecule has 21 heavy (non-hydrogen) atoms. The average Bonchev–Trinajstić information content (AvgIpc) is 2.55. The SMILES string of the molecule is Fc1ccnc(-c2ccccn2)c1SCc1ccccc1. The van der Waals surface area contributed by atoms with E-state index in [2.05, 4.69) is 9.97 Å². The monoisotopic (exact) mass is 296 g/mol. The second-order valence-corrected chi connectivity index (χ2v) is 5.45. The highest BCUT2D eigenvalue weighted by molar-refractivity contribution is 7.98. The van der Waals surface area contributed by atoms with Gasteiger partial charge in [0.25, 0.3) is 0 Å². The summed E-state index contributed by atoms with van der Waals surface area (Å²) in [5.41, 5.74) is 2.43. The Kier molecular flexibility index (Phi) is 4.26. The number of hydrogen-bond acceptors (Lipinski definition) is 3. The molecule has 2 nitrogen and oxygen atoms in total. The summed E-state index contributed by atoms with van der Waals surface area (Å²) in [6.45, 7) is 0. The fraction of sp³-hybridized carbons (Fsp3) is 0.0588. The van der Waals surface area contributed by atoms with E-state index in [0.717, 1.165) is 5.56 Å². The zero-order chi connectivity index (χ0) is 14.5. The molecular formula is C17H13FN2S. The van der Waals surface area contributed by atoms with E-state index in [1.54, 1.807) is 6.20 Å². The number of hydrogen-bond donors (Lipinski definition) is 0. The van der Waals surface area contributed by atoms with Crippen molar-refractivity contribution in [2.45, 2.75) is 10.6 Å². The largest absolute Gasteiger partial charge is 0.255 e. The van der Waals surface area contributed by atoms with Crippen LogP contribution < -0.4 is 0 Å². The third kappa shape index (κ3) is 3.28. The van der Waals surface area contributed by atoms with Crippen LogP contribution in [0, 0.1) is 5.82 Å². The minimum absolute atomic E-state index is 0.258. The molecule has 0 fully saturated rings. The van der Waals surface area contributed by atoms with E-state index in [1.807, 2.05) is 48.5 Å². The molecule has 4 heteroatoms. The Morgan fingerprint density at radius 2 is 1.67 bits per heavy atom. The van der Waals surface area contributed by atoms with E-state index >= 15 is 0 Å². The van der Waals surface area contributed by atoms with Crippen molar-refractivity contribution in [1.29, 1.82) is 0 Å². The predicted octanol–water partition coefficient (Wildman–Crippen LogP) is 4.58. The summed E-state index contributed by atoms with van der Waals surface area (Å²) in [7, 11) is 0. The molecule has 0 atom stereocenters. The van der Waals surface area contributed by atoms with Gasteiger partial charge in [-0.1, -0.05) is 36.4 Å². The van der Waals surface area contributed by atoms with Crippen molar-refractivity contribution in [1.82, 2.24) is 9.97 Å². The number of rotatable bonds is 4. The Balaban J connectivity index is 1.91. The second kappa shape index (κ2) is 6.50. The number of thioether (sulfide) groups is 1. The van der Waals surface area contributed by atoms with E-state index in [4.69, 9.17) is 0 Å². The van der Waals surface area contributed by atoms with E-state index in [-0.39, 0.29) is 5.82 Å². The summed E-state index contributed by atoms with van der Waals surface area (Å²) >= 11 is 1.44. The molecule has 0 unspecified atom stereocenters. The molecule has 1 aromatic carbocycles. The molecule has 0 aliphatic carbocycles. The lowest BCUT2D eigenvalue weighted by atomic mass is 10.2. The summed E-state index contributed by atoms with van der Waals surface area (Å²) in [4.78, 5) is 9.10. The molecule has 2 aromatic heterocycles. The van der Waals surface area contributed by atoms with Gasteiger partial charge in [0.15, 0.2) is 0 Å². The van der Waals surface area contributed by atoms with Gasteiger partial charge in [-0.15, -0.1) is 11.8 Å². The molecule has 0 N–H and O–H groups in total. The van der Waals surface area contributed by atoms with Crippen molar-refractivity contribution in [3.63, 3.8) is 0 Å². The second-order valence-electron chi connectivity index (χ2n) is 4.46. The molecule has 0 aliphatic rings. The minimum atomic E-state index is -0.258. The molecule has 0 saturated heterocycles. The Hall–Kier alpha value is -2.20. The predicted molar refractivity (Wildman–Crippen MR) is 83.4 cm³/mol. The van der Waals surface area contributed by atoms with Gasteiger partial charge in [0.2, 0.25) is 0 Å². The van der Waals surface area contributed by atoms with E-state index < -0.39 is 0 Å². The first-order valence-electron chi connectivity index (χ1n) is 6.57. The molecule has 3 aromatic rings. The van der Waals surface area contributed by atoms with Crippen LogP contribution in [0.2, 0.25) is 0 Å². The Labute approximate surface area is 127 Å². The van der Waals surface area contributed by atoms with Crippen molar-refractivity contribution in [2.75, 3.05) is 0 Å². The molecule has 0 radical (unpaired) electrons. The Bertz CT molecular complexity index is 717. The van der Waals surface area contributed by atoms with Crippen molar-refractivity contribution in [3.8, 4) is 11.4 Å². The van der Waals surface area contributed by atoms with Crippen LogP contribution in [0.3, 0.4) is 0 Å². The first-order valence-corrected chi connectivity index (χ1v) is 7.56. The lowest BCUT2D eigenvalue weighted by Gasteiger charge is -2.09. The van der Waals surface area contributed by atoms with Crippen molar-refractivity contribution in [3.05, 3.63) is 78.4 Å². The van der Waals surface area contributed by atoms with Gasteiger partial charge in [-0.3, -0.25) is 9.97 Å². The normalized spacial score (nSPS) is 10.5. The van der Waals surface area contributed by atoms with Gasteiger partial charge in [0.1, 0.15) is 11.5 Å². The first-order chi connectivity index (χ1) is 10.3. The molecule has 0 amide bonds. The third-order valence-electron chi connectivity index (χ3n) is 2.99. The lowest BCUT2D eigenvalue weighted by Crippen LogP contribution is -1.94. The summed E-state index contributed by atoms with van der Waals surface area (Å²) in [5, 5.41) is 0. The Morgan fingerprint density at radius 1 is 0.857 bits per heavy atom. The highest BCUT2D eigenvalue weighted by atomic mass is 32.2. The molecule has 0 bridgehead atoms. The number of benzene rings is 1. The zero-order valence-corrected chi connectivity index (χ0v) is 12.1. The number of nitrogens with zero attached hydrogens (tertiary/aromatic N) is 2. The quantitative estimate of drug-likeness (QED) is 0.659. The first kappa shape index (κ1) is 13.8. The number of halogens is 1. The molecule has 0 spiro atoms. The number of aromatic nitrogens is 2. The maximum absolute atomic E-state index is 14.1. The summed E-state index contributed by atoms with van der Waals surface area (Å²) < 4.78 is 14.1. The van der Waals surface area contributed by atoms with E-state index in [9.17, 15) is 4.39 Å². The van der Waals surface area contributed by atoms with Gasteiger partial charge in [-0.25, -0.2) is 4.39 Å². The summed E-state index contributed by atoms with van der Waals surface area (Å²) in [6, 6.07) is 16.9. The van der Waals surface area contributed by atoms with Crippen LogP contribution in [-0.2, 0) is 5.75 Å². The van der Waals surface area contributed by atoms with Crippen LogP contribution in [0.4, 0.5) is 4.39 Å². The van der Waals surface area contributed by atoms with Gasteiger partial charge in [-0.05, 0) is 23.8 Å². The third-order valence-corrected chi connectivity index (χ3v) is 4.14. The minimum Gasteiger partial charge on any atom is -0.255 e. The van der Waals surface area contributed by atoms with Crippen molar-refractivity contribution >= 4 is 11.8 Å². The van der Waals surface area contributed by atoms with Crippen LogP contribution in [0.25, 0.3) is 11.4 Å². The lowest BCUT2D eigenvalue weighted by molar-refractivity contribution is 0.599. The summed E-state index contributed by atoms with van der Waals surface area (Å²) in [5.74, 6) is 0.440. The van der Waals surface area contributed by atoms with Gasteiger partial charge >= 0.3 is 0 Å². The molecule has 3 rings (SSSR count). The molecule has 0 saturated carbocycles. The Morgan fingerprint density at radius 3 is 2.43 bits per heavy atom. The maximum Gasteiger partial charge on any atom is 0.140 e. The van der Waals surface area contributed by atoms with Gasteiger partial charge < -0.3 is 0 Å². The topological polar surface area (TPSA) is 25.8 Å². The smallest absolute Gasteiger partial charge is 0.140 e. The fourth-order valence-electron chi connectivity index (χ4n) is 1.98. The van der Waals surface area contributed by atoms with Crippen LogP contribution in [0.15, 0.2) is 71.9 Å². The van der Waals surface area contributed by atoms with Crippen LogP contribution in [-0.4, -0.2) is 9.97 Å². The zero-order valence-electron chi connectivity index (χ0n) is 11.2. The van der Waals surface area contributed by atoms with E-state index in [0.29, 0.717) is 22.0 Å². The molecular weight excluding hydrogens is 283 g/mol. The highest BCUT2D eigenvalue weighted by Crippen LogP contribution is 2.32. The standard InChI is InChI=1S/C17H13FN2S/c18-14-9-11-20-16(15-8-4-5-10-19-15)17(14)21-12-13-6-2-1-3-7-13/h1-11H,12H2.